The van der Waals surface area contributed by atoms with Crippen LogP contribution in [0.3, 0.4) is 0 Å². The number of aliphatic hydroxyl groups excluding tert-OH is 1. The Bertz CT molecular complexity index is 835. The first-order chi connectivity index (χ1) is 15.0. The molecule has 3 saturated heterocycles. The summed E-state index contributed by atoms with van der Waals surface area (Å²) in [5.74, 6) is -1.20. The quantitative estimate of drug-likeness (QED) is 0.532. The Kier molecular flexibility index (Phi) is 6.57. The molecule has 3 aliphatic heterocycles. The van der Waals surface area contributed by atoms with Gasteiger partial charge in [-0.15, -0.1) is 11.8 Å². The summed E-state index contributed by atoms with van der Waals surface area (Å²) in [6, 6.07) is 9.08. The van der Waals surface area contributed by atoms with Crippen molar-refractivity contribution in [3.63, 3.8) is 0 Å². The Hall–Kier alpha value is -2.06. The van der Waals surface area contributed by atoms with Crippen LogP contribution in [0.1, 0.15) is 38.2 Å². The van der Waals surface area contributed by atoms with Gasteiger partial charge in [-0.25, -0.2) is 0 Å². The van der Waals surface area contributed by atoms with Crippen molar-refractivity contribution < 1.29 is 19.5 Å². The predicted molar refractivity (Wildman–Crippen MR) is 119 cm³/mol. The molecule has 3 amide bonds. The van der Waals surface area contributed by atoms with Crippen LogP contribution in [0.2, 0.25) is 0 Å². The summed E-state index contributed by atoms with van der Waals surface area (Å²) >= 11 is 1.67. The third-order valence-electron chi connectivity index (χ3n) is 6.77. The number of carbonyl (C=O) groups is 3. The predicted octanol–water partition coefficient (Wildman–Crippen LogP) is 1.30. The Morgan fingerprint density at radius 3 is 2.71 bits per heavy atom. The van der Waals surface area contributed by atoms with Crippen LogP contribution in [0.15, 0.2) is 30.3 Å². The summed E-state index contributed by atoms with van der Waals surface area (Å²) in [5.41, 5.74) is 0.997. The molecule has 168 valence electrons. The molecule has 0 saturated carbocycles. The molecule has 4 rings (SSSR count). The first-order valence-electron chi connectivity index (χ1n) is 11.2. The highest BCUT2D eigenvalue weighted by Crippen LogP contribution is 2.66. The minimum atomic E-state index is -0.612. The highest BCUT2D eigenvalue weighted by Gasteiger charge is 2.73. The van der Waals surface area contributed by atoms with Crippen molar-refractivity contribution in [2.75, 3.05) is 19.7 Å². The normalized spacial score (nSPS) is 31.0. The van der Waals surface area contributed by atoms with Crippen molar-refractivity contribution in [1.82, 2.24) is 15.5 Å². The number of carbonyl (C=O) groups excluding carboxylic acids is 3. The number of hydrogen-bond donors (Lipinski definition) is 3. The van der Waals surface area contributed by atoms with Crippen LogP contribution in [-0.2, 0) is 20.9 Å². The maximum atomic E-state index is 13.5. The molecule has 2 bridgehead atoms. The monoisotopic (exact) mass is 445 g/mol. The van der Waals surface area contributed by atoms with Crippen LogP contribution in [0.5, 0.6) is 0 Å². The zero-order valence-corrected chi connectivity index (χ0v) is 18.7. The molecular formula is C23H31N3O4S. The van der Waals surface area contributed by atoms with Crippen molar-refractivity contribution in [3.8, 4) is 0 Å². The molecule has 1 aromatic rings. The van der Waals surface area contributed by atoms with Crippen molar-refractivity contribution >= 4 is 29.5 Å². The molecule has 3 N–H and O–H groups in total. The summed E-state index contributed by atoms with van der Waals surface area (Å²) in [5, 5.41) is 15.4. The van der Waals surface area contributed by atoms with Gasteiger partial charge in [-0.3, -0.25) is 14.4 Å². The van der Waals surface area contributed by atoms with E-state index in [1.165, 1.54) is 0 Å². The van der Waals surface area contributed by atoms with Gasteiger partial charge in [-0.2, -0.15) is 0 Å². The second-order valence-electron chi connectivity index (χ2n) is 8.66. The molecule has 2 unspecified atom stereocenters. The lowest BCUT2D eigenvalue weighted by atomic mass is 9.70. The summed E-state index contributed by atoms with van der Waals surface area (Å²) in [7, 11) is 0. The second-order valence-corrected chi connectivity index (χ2v) is 10.3. The fourth-order valence-corrected chi connectivity index (χ4v) is 7.70. The van der Waals surface area contributed by atoms with Crippen LogP contribution < -0.4 is 10.6 Å². The van der Waals surface area contributed by atoms with E-state index in [1.807, 2.05) is 37.3 Å². The number of rotatable bonds is 9. The van der Waals surface area contributed by atoms with Gasteiger partial charge in [-0.05, 0) is 31.2 Å². The first-order valence-corrected chi connectivity index (χ1v) is 12.1. The van der Waals surface area contributed by atoms with Crippen LogP contribution in [-0.4, -0.2) is 63.5 Å². The lowest BCUT2D eigenvalue weighted by Crippen LogP contribution is -2.53. The summed E-state index contributed by atoms with van der Waals surface area (Å²) in [6.07, 6.45) is 2.86. The van der Waals surface area contributed by atoms with Gasteiger partial charge in [-0.1, -0.05) is 37.3 Å². The van der Waals surface area contributed by atoms with Gasteiger partial charge in [0.2, 0.25) is 17.7 Å². The van der Waals surface area contributed by atoms with E-state index in [9.17, 15) is 19.5 Å². The van der Waals surface area contributed by atoms with E-state index >= 15 is 0 Å². The second kappa shape index (κ2) is 9.20. The van der Waals surface area contributed by atoms with Crippen molar-refractivity contribution in [1.29, 1.82) is 0 Å². The van der Waals surface area contributed by atoms with Crippen LogP contribution in [0, 0.1) is 11.8 Å². The van der Waals surface area contributed by atoms with Crippen molar-refractivity contribution in [2.45, 2.75) is 55.2 Å². The average Bonchev–Trinajstić information content (AvgIpc) is 3.42. The van der Waals surface area contributed by atoms with Crippen LogP contribution in [0.4, 0.5) is 0 Å². The Morgan fingerprint density at radius 2 is 2.00 bits per heavy atom. The molecule has 8 heteroatoms. The van der Waals surface area contributed by atoms with E-state index in [1.54, 1.807) is 16.7 Å². The Labute approximate surface area is 187 Å². The van der Waals surface area contributed by atoms with E-state index < -0.39 is 16.7 Å². The van der Waals surface area contributed by atoms with E-state index in [0.29, 0.717) is 26.1 Å². The van der Waals surface area contributed by atoms with Gasteiger partial charge in [0.1, 0.15) is 6.04 Å². The molecule has 0 radical (unpaired) electrons. The number of aliphatic hydroxyl groups is 1. The Morgan fingerprint density at radius 1 is 1.23 bits per heavy atom. The van der Waals surface area contributed by atoms with Crippen molar-refractivity contribution in [2.24, 2.45) is 11.8 Å². The zero-order valence-electron chi connectivity index (χ0n) is 17.9. The molecule has 3 aliphatic rings. The zero-order chi connectivity index (χ0) is 22.0. The standard InChI is InChI=1S/C23H31N3O4S/c1-2-11-24-20(28)17-16-9-10-23(31-16)18(17)22(30)26(12-6-13-27)19(23)21(29)25-14-15-7-4-3-5-8-15/h3-5,7-8,16-19,27H,2,6,9-14H2,1H3,(H,24,28)(H,25,29)/t16-,17+,18-,19?,23?/m0/s1. The number of nitrogens with zero attached hydrogens (tertiary/aromatic N) is 1. The number of nitrogens with one attached hydrogen (secondary N) is 2. The van der Waals surface area contributed by atoms with Crippen molar-refractivity contribution in [3.05, 3.63) is 35.9 Å². The SMILES string of the molecule is CCCNC(=O)[C@@H]1[C@@H]2CCC3(S2)C(C(=O)NCc2ccccc2)N(CCCO)C(=O)[C@H]13. The molecule has 3 heterocycles. The molecule has 1 aromatic carbocycles. The van der Waals surface area contributed by atoms with Gasteiger partial charge >= 0.3 is 0 Å². The van der Waals surface area contributed by atoms with Gasteiger partial charge in [0.05, 0.1) is 16.6 Å². The highest BCUT2D eigenvalue weighted by molar-refractivity contribution is 8.02. The molecule has 0 aliphatic carbocycles. The molecule has 3 fully saturated rings. The van der Waals surface area contributed by atoms with E-state index in [2.05, 4.69) is 10.6 Å². The van der Waals surface area contributed by atoms with Gasteiger partial charge in [0.25, 0.3) is 0 Å². The fourth-order valence-electron chi connectivity index (χ4n) is 5.48. The number of hydrogen-bond acceptors (Lipinski definition) is 5. The molecule has 1 spiro atoms. The molecule has 7 nitrogen and oxygen atoms in total. The van der Waals surface area contributed by atoms with Gasteiger partial charge in [0.15, 0.2) is 0 Å². The topological polar surface area (TPSA) is 98.7 Å². The maximum absolute atomic E-state index is 13.5. The number of likely N-dealkylation sites (tertiary alicyclic amines) is 1. The summed E-state index contributed by atoms with van der Waals surface area (Å²) < 4.78 is -0.563. The summed E-state index contributed by atoms with van der Waals surface area (Å²) in [4.78, 5) is 41.5. The summed E-state index contributed by atoms with van der Waals surface area (Å²) in [6.45, 7) is 3.27. The molecular weight excluding hydrogens is 414 g/mol. The van der Waals surface area contributed by atoms with E-state index in [4.69, 9.17) is 0 Å². The van der Waals surface area contributed by atoms with Crippen LogP contribution in [0.25, 0.3) is 0 Å². The third kappa shape index (κ3) is 3.84. The largest absolute Gasteiger partial charge is 0.396 e. The lowest BCUT2D eigenvalue weighted by Gasteiger charge is -2.34. The number of fused-ring (bicyclic) bond motifs is 1. The molecule has 0 aromatic heterocycles. The maximum Gasteiger partial charge on any atom is 0.244 e. The van der Waals surface area contributed by atoms with Crippen LogP contribution >= 0.6 is 11.8 Å². The lowest BCUT2D eigenvalue weighted by molar-refractivity contribution is -0.140. The Balaban J connectivity index is 1.59. The number of thioether (sulfide) groups is 1. The molecule has 31 heavy (non-hydrogen) atoms. The average molecular weight is 446 g/mol. The third-order valence-corrected chi connectivity index (χ3v) is 8.72. The number of benzene rings is 1. The highest BCUT2D eigenvalue weighted by atomic mass is 32.2. The minimum Gasteiger partial charge on any atom is -0.396 e. The first kappa shape index (κ1) is 22.1. The minimum absolute atomic E-state index is 0.0457. The van der Waals surface area contributed by atoms with E-state index in [-0.39, 0.29) is 35.5 Å². The van der Waals surface area contributed by atoms with E-state index in [0.717, 1.165) is 24.8 Å². The van der Waals surface area contributed by atoms with Gasteiger partial charge < -0.3 is 20.6 Å². The number of amides is 3. The fraction of sp³-hybridized carbons (Fsp3) is 0.609. The van der Waals surface area contributed by atoms with Gasteiger partial charge in [0, 0.05) is 31.5 Å². The molecule has 5 atom stereocenters. The smallest absolute Gasteiger partial charge is 0.244 e.